The van der Waals surface area contributed by atoms with E-state index in [-0.39, 0.29) is 11.1 Å². The minimum atomic E-state index is -2.65. The molecule has 0 spiro atoms. The number of unbranched alkanes of at least 4 members (excludes halogenated alkanes) is 1. The first-order chi connectivity index (χ1) is 20.4. The van der Waals surface area contributed by atoms with Crippen LogP contribution in [0.2, 0.25) is 5.04 Å². The van der Waals surface area contributed by atoms with Crippen LogP contribution in [0.5, 0.6) is 0 Å². The highest BCUT2D eigenvalue weighted by atomic mass is 28.4. The molecule has 2 atom stereocenters. The summed E-state index contributed by atoms with van der Waals surface area (Å²) in [4.78, 5) is 0. The Bertz CT molecular complexity index is 1280. The van der Waals surface area contributed by atoms with Crippen molar-refractivity contribution >= 4 is 24.8 Å². The van der Waals surface area contributed by atoms with Crippen molar-refractivity contribution in [2.45, 2.75) is 71.1 Å². The van der Waals surface area contributed by atoms with Crippen molar-refractivity contribution in [2.75, 3.05) is 6.61 Å². The summed E-state index contributed by atoms with van der Waals surface area (Å²) in [6, 6.07) is 43.1. The van der Waals surface area contributed by atoms with Crippen LogP contribution >= 0.6 is 0 Å². The summed E-state index contributed by atoms with van der Waals surface area (Å²) in [7, 11) is -2.65. The number of rotatable bonds is 15. The van der Waals surface area contributed by atoms with Gasteiger partial charge < -0.3 is 9.16 Å². The molecular weight excluding hydrogens is 529 g/mol. The summed E-state index contributed by atoms with van der Waals surface area (Å²) in [5.41, 5.74) is 2.47. The predicted octanol–water partition coefficient (Wildman–Crippen LogP) is 9.06. The highest BCUT2D eigenvalue weighted by Gasteiger charge is 2.51. The highest BCUT2D eigenvalue weighted by molar-refractivity contribution is 6.99. The van der Waals surface area contributed by atoms with Crippen molar-refractivity contribution in [1.29, 1.82) is 0 Å². The number of ether oxygens (including phenoxy) is 1. The Morgan fingerprint density at radius 2 is 1.21 bits per heavy atom. The smallest absolute Gasteiger partial charge is 0.261 e. The highest BCUT2D eigenvalue weighted by Crippen LogP contribution is 2.39. The van der Waals surface area contributed by atoms with Gasteiger partial charge in [0.1, 0.15) is 0 Å². The lowest BCUT2D eigenvalue weighted by Gasteiger charge is -2.46. The molecule has 0 fully saturated rings. The third-order valence-corrected chi connectivity index (χ3v) is 13.2. The van der Waals surface area contributed by atoms with E-state index in [1.807, 2.05) is 6.07 Å². The Balaban J connectivity index is 1.55. The average molecular weight is 577 g/mol. The number of hydrogen-bond donors (Lipinski definition) is 0. The van der Waals surface area contributed by atoms with E-state index >= 15 is 0 Å². The molecule has 3 heteroatoms. The molecule has 0 saturated heterocycles. The maximum absolute atomic E-state index is 7.68. The monoisotopic (exact) mass is 576 g/mol. The Hall–Kier alpha value is -3.24. The first kappa shape index (κ1) is 31.7. The molecule has 0 aliphatic rings. The summed E-state index contributed by atoms with van der Waals surface area (Å²) in [5.74, 6) is 0.372. The molecule has 0 aliphatic carbocycles. The third-order valence-electron chi connectivity index (χ3n) is 8.14. The Kier molecular flexibility index (Phi) is 11.9. The first-order valence-corrected chi connectivity index (χ1v) is 17.4. The van der Waals surface area contributed by atoms with Crippen molar-refractivity contribution < 1.29 is 9.16 Å². The molecule has 0 aliphatic heterocycles. The minimum Gasteiger partial charge on any atom is -0.404 e. The molecule has 4 rings (SSSR count). The van der Waals surface area contributed by atoms with Gasteiger partial charge in [-0.15, -0.1) is 0 Å². The van der Waals surface area contributed by atoms with Gasteiger partial charge in [-0.25, -0.2) is 0 Å². The molecule has 220 valence electrons. The zero-order chi connectivity index (χ0) is 29.7. The second-order valence-corrected chi connectivity index (χ2v) is 16.6. The quantitative estimate of drug-likeness (QED) is 0.104. The average Bonchev–Trinajstić information content (AvgIpc) is 3.01. The van der Waals surface area contributed by atoms with E-state index < -0.39 is 8.32 Å². The van der Waals surface area contributed by atoms with Gasteiger partial charge in [-0.3, -0.25) is 0 Å². The summed E-state index contributed by atoms with van der Waals surface area (Å²) >= 11 is 0. The lowest BCUT2D eigenvalue weighted by atomic mass is 9.96. The van der Waals surface area contributed by atoms with Crippen molar-refractivity contribution in [2.24, 2.45) is 5.92 Å². The van der Waals surface area contributed by atoms with Crippen molar-refractivity contribution in [1.82, 2.24) is 0 Å². The Morgan fingerprint density at radius 1 is 0.690 bits per heavy atom. The van der Waals surface area contributed by atoms with E-state index in [0.29, 0.717) is 12.5 Å². The van der Waals surface area contributed by atoms with Crippen LogP contribution in [0.15, 0.2) is 127 Å². The van der Waals surface area contributed by atoms with Gasteiger partial charge in [-0.05, 0) is 58.1 Å². The minimum absolute atomic E-state index is 0.0493. The van der Waals surface area contributed by atoms with E-state index in [9.17, 15) is 0 Å². The van der Waals surface area contributed by atoms with Gasteiger partial charge in [0, 0.05) is 12.7 Å². The molecule has 0 bridgehead atoms. The topological polar surface area (TPSA) is 18.5 Å². The second-order valence-electron chi connectivity index (χ2n) is 12.4. The Labute approximate surface area is 255 Å². The zero-order valence-corrected chi connectivity index (χ0v) is 26.9. The van der Waals surface area contributed by atoms with E-state index in [2.05, 4.69) is 155 Å². The van der Waals surface area contributed by atoms with Crippen molar-refractivity contribution in [3.63, 3.8) is 0 Å². The largest absolute Gasteiger partial charge is 0.404 e. The molecule has 4 aromatic rings. The Morgan fingerprint density at radius 3 is 1.76 bits per heavy atom. The SMILES string of the molecule is C[C@H](C/C=C/c1ccccc1)[C@@H](CCCCOCc1ccccc1)O[Si](c1ccccc1)(c1ccccc1)C(C)(C)C. The zero-order valence-electron chi connectivity index (χ0n) is 25.9. The number of allylic oxidation sites excluding steroid dienone is 1. The fraction of sp³-hybridized carbons (Fsp3) is 0.333. The fourth-order valence-corrected chi connectivity index (χ4v) is 10.6. The maximum Gasteiger partial charge on any atom is 0.261 e. The number of benzene rings is 4. The molecule has 0 radical (unpaired) electrons. The van der Waals surface area contributed by atoms with Crippen LogP contribution in [-0.2, 0) is 15.8 Å². The van der Waals surface area contributed by atoms with Crippen molar-refractivity contribution in [3.05, 3.63) is 139 Å². The van der Waals surface area contributed by atoms with Gasteiger partial charge in [0.15, 0.2) is 0 Å². The fourth-order valence-electron chi connectivity index (χ4n) is 5.83. The van der Waals surface area contributed by atoms with Gasteiger partial charge in [0.2, 0.25) is 0 Å². The standard InChI is InChI=1S/C39H48O2Si/c1-33(20-19-25-34-21-9-5-10-22-34)38(30-17-18-31-40-32-35-23-11-6-12-24-35)41-42(39(2,3)4,36-26-13-7-14-27-36)37-28-15-8-16-29-37/h5-16,19,21-29,33,38H,17-18,20,30-32H2,1-4H3/b25-19+/t33-,38-/m1/s1. The molecule has 0 N–H and O–H groups in total. The first-order valence-electron chi connectivity index (χ1n) is 15.5. The van der Waals surface area contributed by atoms with E-state index in [4.69, 9.17) is 9.16 Å². The predicted molar refractivity (Wildman–Crippen MR) is 182 cm³/mol. The van der Waals surface area contributed by atoms with E-state index in [1.165, 1.54) is 21.5 Å². The van der Waals surface area contributed by atoms with Gasteiger partial charge in [0.05, 0.1) is 6.61 Å². The van der Waals surface area contributed by atoms with Crippen molar-refractivity contribution in [3.8, 4) is 0 Å². The molecule has 0 unspecified atom stereocenters. The molecular formula is C39H48O2Si. The van der Waals surface area contributed by atoms with Crippen LogP contribution < -0.4 is 10.4 Å². The van der Waals surface area contributed by atoms with Crippen LogP contribution in [0.25, 0.3) is 6.08 Å². The summed E-state index contributed by atoms with van der Waals surface area (Å²) in [5, 5.41) is 2.63. The lowest BCUT2D eigenvalue weighted by Crippen LogP contribution is -2.68. The van der Waals surface area contributed by atoms with Crippen LogP contribution in [-0.4, -0.2) is 21.0 Å². The van der Waals surface area contributed by atoms with Gasteiger partial charge in [-0.1, -0.05) is 161 Å². The summed E-state index contributed by atoms with van der Waals surface area (Å²) in [6.45, 7) is 10.9. The molecule has 2 nitrogen and oxygen atoms in total. The van der Waals surface area contributed by atoms with Crippen LogP contribution in [0, 0.1) is 5.92 Å². The van der Waals surface area contributed by atoms with Gasteiger partial charge >= 0.3 is 0 Å². The molecule has 0 saturated carbocycles. The molecule has 42 heavy (non-hydrogen) atoms. The lowest BCUT2D eigenvalue weighted by molar-refractivity contribution is 0.0988. The third kappa shape index (κ3) is 8.64. The molecule has 0 amide bonds. The molecule has 0 heterocycles. The van der Waals surface area contributed by atoms with Gasteiger partial charge in [-0.2, -0.15) is 0 Å². The summed E-state index contributed by atoms with van der Waals surface area (Å²) in [6.07, 6.45) is 8.79. The second kappa shape index (κ2) is 15.8. The molecule has 0 aromatic heterocycles. The van der Waals surface area contributed by atoms with Crippen LogP contribution in [0.3, 0.4) is 0 Å². The maximum atomic E-state index is 7.68. The summed E-state index contributed by atoms with van der Waals surface area (Å²) < 4.78 is 13.7. The van der Waals surface area contributed by atoms with Crippen LogP contribution in [0.4, 0.5) is 0 Å². The van der Waals surface area contributed by atoms with Crippen LogP contribution in [0.1, 0.15) is 64.5 Å². The molecule has 4 aromatic carbocycles. The normalized spacial score (nSPS) is 13.7. The number of hydrogen-bond acceptors (Lipinski definition) is 2. The van der Waals surface area contributed by atoms with Gasteiger partial charge in [0.25, 0.3) is 8.32 Å². The van der Waals surface area contributed by atoms with E-state index in [0.717, 1.165) is 32.3 Å². The van der Waals surface area contributed by atoms with E-state index in [1.54, 1.807) is 0 Å².